The molecule has 0 aromatic carbocycles. The van der Waals surface area contributed by atoms with E-state index < -0.39 is 0 Å². The molecule has 1 atom stereocenters. The predicted octanol–water partition coefficient (Wildman–Crippen LogP) is 1.30. The highest BCUT2D eigenvalue weighted by atomic mass is 16.5. The van der Waals surface area contributed by atoms with Crippen LogP contribution in [0.15, 0.2) is 6.20 Å². The fraction of sp³-hybridized carbons (Fsp3) is 0.786. The van der Waals surface area contributed by atoms with Crippen LogP contribution in [0.5, 0.6) is 0 Å². The molecule has 0 radical (unpaired) electrons. The maximum atomic E-state index is 5.70. The Morgan fingerprint density at radius 3 is 3.26 bits per heavy atom. The molecule has 5 heteroatoms. The van der Waals surface area contributed by atoms with E-state index >= 15 is 0 Å². The molecular formula is C14H26N4O. The van der Waals surface area contributed by atoms with Gasteiger partial charge in [0.15, 0.2) is 0 Å². The van der Waals surface area contributed by atoms with Crippen molar-refractivity contribution in [3.63, 3.8) is 0 Å². The van der Waals surface area contributed by atoms with Crippen molar-refractivity contribution in [2.45, 2.75) is 45.3 Å². The average Bonchev–Trinajstić information content (AvgIpc) is 2.85. The maximum absolute atomic E-state index is 5.70. The number of nitrogens with zero attached hydrogens (tertiary/aromatic N) is 2. The van der Waals surface area contributed by atoms with E-state index in [1.807, 2.05) is 6.20 Å². The highest BCUT2D eigenvalue weighted by Gasteiger charge is 2.20. The molecule has 1 aromatic heterocycles. The third-order valence-corrected chi connectivity index (χ3v) is 3.55. The lowest BCUT2D eigenvalue weighted by molar-refractivity contribution is -0.0338. The molecule has 1 aliphatic rings. The standard InChI is InChI=1S/C14H26N4O/c1-2-3-4-14-16-9-12(17-14)10-18-7-8-19-13(11-18)5-6-15/h9,13H,2-8,10-11,15H2,1H3,(H,16,17)/t13-/m1/s1. The van der Waals surface area contributed by atoms with E-state index in [0.29, 0.717) is 12.6 Å². The second-order valence-electron chi connectivity index (χ2n) is 5.26. The molecule has 19 heavy (non-hydrogen) atoms. The van der Waals surface area contributed by atoms with E-state index in [-0.39, 0.29) is 0 Å². The Balaban J connectivity index is 1.81. The lowest BCUT2D eigenvalue weighted by atomic mass is 10.2. The first-order chi connectivity index (χ1) is 9.31. The van der Waals surface area contributed by atoms with E-state index in [2.05, 4.69) is 21.8 Å². The number of H-pyrrole nitrogens is 1. The SMILES string of the molecule is CCCCc1ncc(CN2CCO[C@H](CCN)C2)[nH]1. The van der Waals surface area contributed by atoms with Crippen LogP contribution < -0.4 is 5.73 Å². The Morgan fingerprint density at radius 1 is 1.58 bits per heavy atom. The van der Waals surface area contributed by atoms with Crippen LogP contribution in [0.4, 0.5) is 0 Å². The van der Waals surface area contributed by atoms with E-state index in [4.69, 9.17) is 10.5 Å². The lowest BCUT2D eigenvalue weighted by Crippen LogP contribution is -2.42. The number of morpholine rings is 1. The van der Waals surface area contributed by atoms with Gasteiger partial charge in [-0.3, -0.25) is 4.90 Å². The summed E-state index contributed by atoms with van der Waals surface area (Å²) in [6.45, 7) is 6.61. The van der Waals surface area contributed by atoms with E-state index in [9.17, 15) is 0 Å². The minimum atomic E-state index is 0.293. The molecule has 3 N–H and O–H groups in total. The number of imidazole rings is 1. The number of hydrogen-bond donors (Lipinski definition) is 2. The van der Waals surface area contributed by atoms with Crippen molar-refractivity contribution in [3.05, 3.63) is 17.7 Å². The molecule has 1 aliphatic heterocycles. The van der Waals surface area contributed by atoms with Crippen LogP contribution in [-0.4, -0.2) is 47.2 Å². The van der Waals surface area contributed by atoms with Crippen LogP contribution in [0.2, 0.25) is 0 Å². The van der Waals surface area contributed by atoms with E-state index in [1.165, 1.54) is 18.5 Å². The highest BCUT2D eigenvalue weighted by Crippen LogP contribution is 2.11. The van der Waals surface area contributed by atoms with Crippen molar-refractivity contribution < 1.29 is 4.74 Å². The van der Waals surface area contributed by atoms with Crippen LogP contribution in [-0.2, 0) is 17.7 Å². The summed E-state index contributed by atoms with van der Waals surface area (Å²) >= 11 is 0. The van der Waals surface area contributed by atoms with Gasteiger partial charge in [-0.25, -0.2) is 4.98 Å². The Kier molecular flexibility index (Phi) is 5.82. The second-order valence-corrected chi connectivity index (χ2v) is 5.26. The first kappa shape index (κ1) is 14.5. The third-order valence-electron chi connectivity index (χ3n) is 3.55. The highest BCUT2D eigenvalue weighted by molar-refractivity contribution is 5.01. The molecule has 0 bridgehead atoms. The summed E-state index contributed by atoms with van der Waals surface area (Å²) in [4.78, 5) is 10.3. The quantitative estimate of drug-likeness (QED) is 0.780. The topological polar surface area (TPSA) is 67.2 Å². The number of unbranched alkanes of at least 4 members (excludes halogenated alkanes) is 1. The zero-order valence-electron chi connectivity index (χ0n) is 11.9. The Morgan fingerprint density at radius 2 is 2.47 bits per heavy atom. The summed E-state index contributed by atoms with van der Waals surface area (Å²) in [6.07, 6.45) is 6.67. The van der Waals surface area contributed by atoms with Crippen LogP contribution >= 0.6 is 0 Å². The van der Waals surface area contributed by atoms with Gasteiger partial charge in [-0.05, 0) is 19.4 Å². The number of ether oxygens (including phenoxy) is 1. The molecule has 2 heterocycles. The number of aromatic nitrogens is 2. The largest absolute Gasteiger partial charge is 0.376 e. The van der Waals surface area contributed by atoms with E-state index in [0.717, 1.165) is 44.9 Å². The van der Waals surface area contributed by atoms with Gasteiger partial charge in [0.1, 0.15) is 5.82 Å². The number of nitrogens with two attached hydrogens (primary N) is 1. The molecule has 0 unspecified atom stereocenters. The molecule has 1 saturated heterocycles. The Hall–Kier alpha value is -0.910. The summed E-state index contributed by atoms with van der Waals surface area (Å²) in [5, 5.41) is 0. The number of aromatic amines is 1. The van der Waals surface area contributed by atoms with Gasteiger partial charge in [0.2, 0.25) is 0 Å². The molecule has 1 aromatic rings. The molecule has 0 spiro atoms. The number of aryl methyl sites for hydroxylation is 1. The first-order valence-electron chi connectivity index (χ1n) is 7.38. The van der Waals surface area contributed by atoms with Crippen molar-refractivity contribution in [2.24, 2.45) is 5.73 Å². The van der Waals surface area contributed by atoms with Gasteiger partial charge in [0.25, 0.3) is 0 Å². The van der Waals surface area contributed by atoms with Crippen molar-refractivity contribution in [1.29, 1.82) is 0 Å². The Labute approximate surface area is 115 Å². The molecule has 5 nitrogen and oxygen atoms in total. The van der Waals surface area contributed by atoms with Gasteiger partial charge in [0.05, 0.1) is 12.7 Å². The molecular weight excluding hydrogens is 240 g/mol. The normalized spacial score (nSPS) is 20.8. The molecule has 1 fully saturated rings. The summed E-state index contributed by atoms with van der Waals surface area (Å²) < 4.78 is 5.70. The van der Waals surface area contributed by atoms with Gasteiger partial charge >= 0.3 is 0 Å². The zero-order valence-corrected chi connectivity index (χ0v) is 11.9. The van der Waals surface area contributed by atoms with E-state index in [1.54, 1.807) is 0 Å². The van der Waals surface area contributed by atoms with Crippen LogP contribution in [0.1, 0.15) is 37.7 Å². The fourth-order valence-corrected chi connectivity index (χ4v) is 2.48. The molecule has 108 valence electrons. The van der Waals surface area contributed by atoms with Crippen molar-refractivity contribution in [2.75, 3.05) is 26.2 Å². The molecule has 2 rings (SSSR count). The van der Waals surface area contributed by atoms with Gasteiger partial charge in [0, 0.05) is 37.9 Å². The monoisotopic (exact) mass is 266 g/mol. The van der Waals surface area contributed by atoms with Crippen molar-refractivity contribution in [3.8, 4) is 0 Å². The minimum absolute atomic E-state index is 0.293. The van der Waals surface area contributed by atoms with Gasteiger partial charge in [-0.2, -0.15) is 0 Å². The van der Waals surface area contributed by atoms with Crippen LogP contribution in [0.25, 0.3) is 0 Å². The van der Waals surface area contributed by atoms with Crippen molar-refractivity contribution >= 4 is 0 Å². The number of rotatable bonds is 7. The number of hydrogen-bond acceptors (Lipinski definition) is 4. The van der Waals surface area contributed by atoms with Crippen LogP contribution in [0, 0.1) is 0 Å². The smallest absolute Gasteiger partial charge is 0.106 e. The minimum Gasteiger partial charge on any atom is -0.376 e. The number of nitrogens with one attached hydrogen (secondary N) is 1. The summed E-state index contributed by atoms with van der Waals surface area (Å²) in [6, 6.07) is 0. The summed E-state index contributed by atoms with van der Waals surface area (Å²) in [7, 11) is 0. The maximum Gasteiger partial charge on any atom is 0.106 e. The summed E-state index contributed by atoms with van der Waals surface area (Å²) in [5.74, 6) is 1.11. The van der Waals surface area contributed by atoms with Gasteiger partial charge < -0.3 is 15.5 Å². The third kappa shape index (κ3) is 4.60. The van der Waals surface area contributed by atoms with Gasteiger partial charge in [-0.1, -0.05) is 13.3 Å². The fourth-order valence-electron chi connectivity index (χ4n) is 2.48. The summed E-state index contributed by atoms with van der Waals surface area (Å²) in [5.41, 5.74) is 6.80. The van der Waals surface area contributed by atoms with Crippen molar-refractivity contribution in [1.82, 2.24) is 14.9 Å². The average molecular weight is 266 g/mol. The van der Waals surface area contributed by atoms with Gasteiger partial charge in [-0.15, -0.1) is 0 Å². The second kappa shape index (κ2) is 7.62. The lowest BCUT2D eigenvalue weighted by Gasteiger charge is -2.32. The molecule has 0 amide bonds. The molecule has 0 saturated carbocycles. The molecule has 0 aliphatic carbocycles. The first-order valence-corrected chi connectivity index (χ1v) is 7.38. The predicted molar refractivity (Wildman–Crippen MR) is 75.9 cm³/mol. The Bertz CT molecular complexity index is 364. The van der Waals surface area contributed by atoms with Crippen LogP contribution in [0.3, 0.4) is 0 Å². The zero-order chi connectivity index (χ0) is 13.5.